The zero-order chi connectivity index (χ0) is 19.3. The number of rotatable bonds is 7. The first-order chi connectivity index (χ1) is 12.3. The molecule has 5 nitrogen and oxygen atoms in total. The molecule has 0 aliphatic rings. The molecule has 1 N–H and O–H groups in total. The Labute approximate surface area is 162 Å². The molecule has 0 unspecified atom stereocenters. The summed E-state index contributed by atoms with van der Waals surface area (Å²) in [6, 6.07) is 6.73. The van der Waals surface area contributed by atoms with Crippen LogP contribution in [0.1, 0.15) is 40.4 Å². The molecule has 1 atom stereocenters. The van der Waals surface area contributed by atoms with Crippen LogP contribution in [0.4, 0.5) is 5.69 Å². The zero-order valence-electron chi connectivity index (χ0n) is 15.2. The number of thiophene rings is 1. The molecule has 1 aromatic carbocycles. The summed E-state index contributed by atoms with van der Waals surface area (Å²) in [4.78, 5) is 26.3. The third kappa shape index (κ3) is 4.99. The zero-order valence-corrected chi connectivity index (χ0v) is 16.8. The van der Waals surface area contributed by atoms with Crippen LogP contribution in [0.3, 0.4) is 0 Å². The van der Waals surface area contributed by atoms with Gasteiger partial charge < -0.3 is 14.8 Å². The Hall–Kier alpha value is -2.05. The summed E-state index contributed by atoms with van der Waals surface area (Å²) >= 11 is 7.34. The van der Waals surface area contributed by atoms with Crippen molar-refractivity contribution in [3.8, 4) is 5.75 Å². The van der Waals surface area contributed by atoms with Crippen molar-refractivity contribution >= 4 is 40.5 Å². The Morgan fingerprint density at radius 1 is 1.31 bits per heavy atom. The molecule has 26 heavy (non-hydrogen) atoms. The van der Waals surface area contributed by atoms with E-state index in [9.17, 15) is 9.59 Å². The van der Waals surface area contributed by atoms with Crippen LogP contribution in [0.2, 0.25) is 5.02 Å². The number of carbonyl (C=O) groups excluding carboxylic acids is 2. The number of nitrogens with one attached hydrogen (secondary N) is 1. The highest BCUT2D eigenvalue weighted by molar-refractivity contribution is 7.14. The first kappa shape index (κ1) is 20.3. The summed E-state index contributed by atoms with van der Waals surface area (Å²) in [5, 5.41) is 3.13. The number of hydrogen-bond donors (Lipinski definition) is 1. The highest BCUT2D eigenvalue weighted by Crippen LogP contribution is 2.28. The van der Waals surface area contributed by atoms with Gasteiger partial charge in [-0.25, -0.2) is 4.79 Å². The van der Waals surface area contributed by atoms with Crippen LogP contribution < -0.4 is 10.1 Å². The third-order valence-corrected chi connectivity index (χ3v) is 5.12. The predicted molar refractivity (Wildman–Crippen MR) is 105 cm³/mol. The van der Waals surface area contributed by atoms with Crippen LogP contribution in [0.15, 0.2) is 24.3 Å². The number of methoxy groups -OCH3 is 1. The molecule has 0 bridgehead atoms. The van der Waals surface area contributed by atoms with Crippen LogP contribution in [-0.2, 0) is 16.0 Å². The molecule has 1 aromatic heterocycles. The SMILES string of the molecule is CCCc1cc(C(=O)O[C@H](C)C(=O)Nc2cc(Cl)ccc2OC)sc1C. The molecule has 0 fully saturated rings. The molecular weight excluding hydrogens is 374 g/mol. The first-order valence-electron chi connectivity index (χ1n) is 8.30. The molecule has 2 aromatic rings. The second-order valence-electron chi connectivity index (χ2n) is 5.82. The van der Waals surface area contributed by atoms with Gasteiger partial charge in [0.15, 0.2) is 6.10 Å². The maximum Gasteiger partial charge on any atom is 0.349 e. The maximum atomic E-state index is 12.3. The summed E-state index contributed by atoms with van der Waals surface area (Å²) in [5.74, 6) is -0.485. The molecule has 0 saturated heterocycles. The molecule has 2 rings (SSSR count). The number of benzene rings is 1. The molecule has 140 valence electrons. The number of hydrogen-bond acceptors (Lipinski definition) is 5. The van der Waals surface area contributed by atoms with E-state index in [1.807, 2.05) is 13.0 Å². The molecule has 0 aliphatic carbocycles. The Morgan fingerprint density at radius 3 is 2.69 bits per heavy atom. The number of ether oxygens (including phenoxy) is 2. The van der Waals surface area contributed by atoms with Crippen molar-refractivity contribution in [1.29, 1.82) is 0 Å². The number of halogens is 1. The van der Waals surface area contributed by atoms with Crippen molar-refractivity contribution in [2.45, 2.75) is 39.7 Å². The lowest BCUT2D eigenvalue weighted by molar-refractivity contribution is -0.123. The van der Waals surface area contributed by atoms with Gasteiger partial charge in [-0.2, -0.15) is 0 Å². The van der Waals surface area contributed by atoms with E-state index in [1.54, 1.807) is 18.2 Å². The van der Waals surface area contributed by atoms with Crippen LogP contribution in [-0.4, -0.2) is 25.1 Å². The van der Waals surface area contributed by atoms with Gasteiger partial charge >= 0.3 is 5.97 Å². The van der Waals surface area contributed by atoms with Gasteiger partial charge in [0.1, 0.15) is 10.6 Å². The lowest BCUT2D eigenvalue weighted by Gasteiger charge is -2.15. The fourth-order valence-electron chi connectivity index (χ4n) is 2.42. The van der Waals surface area contributed by atoms with E-state index in [1.165, 1.54) is 25.4 Å². The normalized spacial score (nSPS) is 11.7. The highest BCUT2D eigenvalue weighted by Gasteiger charge is 2.22. The quantitative estimate of drug-likeness (QED) is 0.680. The van der Waals surface area contributed by atoms with Gasteiger partial charge in [0.25, 0.3) is 5.91 Å². The monoisotopic (exact) mass is 395 g/mol. The highest BCUT2D eigenvalue weighted by atomic mass is 35.5. The summed E-state index contributed by atoms with van der Waals surface area (Å²) in [6.07, 6.45) is 0.968. The fraction of sp³-hybridized carbons (Fsp3) is 0.368. The molecule has 0 aliphatic heterocycles. The van der Waals surface area contributed by atoms with Crippen LogP contribution in [0.25, 0.3) is 0 Å². The minimum absolute atomic E-state index is 0.421. The molecule has 1 heterocycles. The second kappa shape index (κ2) is 9.05. The van der Waals surface area contributed by atoms with Crippen molar-refractivity contribution in [3.63, 3.8) is 0 Å². The van der Waals surface area contributed by atoms with E-state index >= 15 is 0 Å². The van der Waals surface area contributed by atoms with E-state index in [0.717, 1.165) is 23.3 Å². The van der Waals surface area contributed by atoms with Crippen LogP contribution in [0, 0.1) is 6.92 Å². The van der Waals surface area contributed by atoms with Gasteiger partial charge in [-0.1, -0.05) is 24.9 Å². The van der Waals surface area contributed by atoms with Gasteiger partial charge in [0.2, 0.25) is 0 Å². The minimum atomic E-state index is -0.955. The molecule has 1 amide bonds. The van der Waals surface area contributed by atoms with E-state index in [4.69, 9.17) is 21.1 Å². The molecule has 0 spiro atoms. The number of carbonyl (C=O) groups is 2. The van der Waals surface area contributed by atoms with Gasteiger partial charge in [0, 0.05) is 9.90 Å². The van der Waals surface area contributed by atoms with Gasteiger partial charge in [-0.3, -0.25) is 4.79 Å². The first-order valence-corrected chi connectivity index (χ1v) is 9.49. The second-order valence-corrected chi connectivity index (χ2v) is 7.52. The fourth-order valence-corrected chi connectivity index (χ4v) is 3.55. The average Bonchev–Trinajstić information content (AvgIpc) is 2.96. The number of esters is 1. The molecule has 0 saturated carbocycles. The summed E-state index contributed by atoms with van der Waals surface area (Å²) in [5.41, 5.74) is 1.57. The standard InChI is InChI=1S/C19H22ClNO4S/c1-5-6-13-9-17(26-12(13)3)19(23)25-11(2)18(22)21-15-10-14(20)7-8-16(15)24-4/h7-11H,5-6H2,1-4H3,(H,21,22)/t11-/m1/s1. The van der Waals surface area contributed by atoms with Crippen LogP contribution >= 0.6 is 22.9 Å². The van der Waals surface area contributed by atoms with Crippen molar-refractivity contribution in [2.75, 3.05) is 12.4 Å². The van der Waals surface area contributed by atoms with E-state index in [-0.39, 0.29) is 0 Å². The Morgan fingerprint density at radius 2 is 2.04 bits per heavy atom. The number of aryl methyl sites for hydroxylation is 2. The van der Waals surface area contributed by atoms with E-state index in [0.29, 0.717) is 21.3 Å². The number of amides is 1. The summed E-state index contributed by atoms with van der Waals surface area (Å²) in [6.45, 7) is 5.59. The average molecular weight is 396 g/mol. The lowest BCUT2D eigenvalue weighted by atomic mass is 10.1. The topological polar surface area (TPSA) is 64.6 Å². The maximum absolute atomic E-state index is 12.3. The largest absolute Gasteiger partial charge is 0.495 e. The van der Waals surface area contributed by atoms with Crippen molar-refractivity contribution < 1.29 is 19.1 Å². The van der Waals surface area contributed by atoms with Gasteiger partial charge in [0.05, 0.1) is 12.8 Å². The van der Waals surface area contributed by atoms with Crippen molar-refractivity contribution in [2.24, 2.45) is 0 Å². The number of anilines is 1. The predicted octanol–water partition coefficient (Wildman–Crippen LogP) is 4.86. The molecule has 7 heteroatoms. The summed E-state index contributed by atoms with van der Waals surface area (Å²) < 4.78 is 10.5. The van der Waals surface area contributed by atoms with E-state index < -0.39 is 18.0 Å². The van der Waals surface area contributed by atoms with Crippen molar-refractivity contribution in [3.05, 3.63) is 44.6 Å². The van der Waals surface area contributed by atoms with Gasteiger partial charge in [-0.05, 0) is 50.1 Å². The minimum Gasteiger partial charge on any atom is -0.495 e. The Kier molecular flexibility index (Phi) is 7.06. The molecular formula is C19H22ClNO4S. The van der Waals surface area contributed by atoms with Crippen molar-refractivity contribution in [1.82, 2.24) is 0 Å². The smallest absolute Gasteiger partial charge is 0.349 e. The third-order valence-electron chi connectivity index (χ3n) is 3.81. The van der Waals surface area contributed by atoms with E-state index in [2.05, 4.69) is 12.2 Å². The lowest BCUT2D eigenvalue weighted by Crippen LogP contribution is -2.30. The Balaban J connectivity index is 2.04. The summed E-state index contributed by atoms with van der Waals surface area (Å²) in [7, 11) is 1.50. The van der Waals surface area contributed by atoms with Crippen LogP contribution in [0.5, 0.6) is 5.75 Å². The van der Waals surface area contributed by atoms with Gasteiger partial charge in [-0.15, -0.1) is 11.3 Å². The molecule has 0 radical (unpaired) electrons. The Bertz CT molecular complexity index is 803.